The third kappa shape index (κ3) is 4.69. The van der Waals surface area contributed by atoms with Gasteiger partial charge in [0.05, 0.1) is 11.3 Å². The predicted molar refractivity (Wildman–Crippen MR) is 94.0 cm³/mol. The largest absolute Gasteiger partial charge is 0.417 e. The fourth-order valence-corrected chi connectivity index (χ4v) is 3.15. The highest BCUT2D eigenvalue weighted by molar-refractivity contribution is 5.76. The summed E-state index contributed by atoms with van der Waals surface area (Å²) in [6.07, 6.45) is -1.98. The minimum absolute atomic E-state index is 0.0225. The Bertz CT molecular complexity index is 802. The monoisotopic (exact) mass is 382 g/mol. The molecule has 3 heterocycles. The normalized spacial score (nSPS) is 17.8. The van der Waals surface area contributed by atoms with Crippen molar-refractivity contribution in [3.8, 4) is 0 Å². The standard InChI is InChI=1S/C17H21F3N6O/c1-11-7-14(21)26(24-11)10-16(27)23-13-3-2-6-25(9-13)15-5-4-12(8-22-15)17(18,19)20/h4-5,7-8,13H,2-3,6,9-10,21H2,1H3,(H,23,27)/t13-/m1/s1. The van der Waals surface area contributed by atoms with Gasteiger partial charge in [0.1, 0.15) is 18.2 Å². The van der Waals surface area contributed by atoms with Gasteiger partial charge in [-0.25, -0.2) is 9.67 Å². The van der Waals surface area contributed by atoms with E-state index in [1.165, 1.54) is 10.7 Å². The van der Waals surface area contributed by atoms with Gasteiger partial charge in [-0.3, -0.25) is 4.79 Å². The van der Waals surface area contributed by atoms with E-state index >= 15 is 0 Å². The molecule has 0 saturated carbocycles. The number of aromatic nitrogens is 3. The van der Waals surface area contributed by atoms with Crippen LogP contribution in [0.2, 0.25) is 0 Å². The first-order valence-corrected chi connectivity index (χ1v) is 8.60. The van der Waals surface area contributed by atoms with Crippen LogP contribution < -0.4 is 16.0 Å². The number of carbonyl (C=O) groups is 1. The lowest BCUT2D eigenvalue weighted by Crippen LogP contribution is -2.48. The van der Waals surface area contributed by atoms with Gasteiger partial charge in [0.15, 0.2) is 0 Å². The predicted octanol–water partition coefficient (Wildman–Crippen LogP) is 1.97. The summed E-state index contributed by atoms with van der Waals surface area (Å²) in [5, 5.41) is 7.09. The van der Waals surface area contributed by atoms with Gasteiger partial charge in [-0.15, -0.1) is 0 Å². The molecular formula is C17H21F3N6O. The summed E-state index contributed by atoms with van der Waals surface area (Å²) in [5.74, 6) is 0.674. The van der Waals surface area contributed by atoms with Crippen molar-refractivity contribution in [1.29, 1.82) is 0 Å². The number of anilines is 2. The molecule has 2 aromatic rings. The van der Waals surface area contributed by atoms with Crippen LogP contribution in [0.5, 0.6) is 0 Å². The van der Waals surface area contributed by atoms with E-state index in [1.807, 2.05) is 4.90 Å². The van der Waals surface area contributed by atoms with Gasteiger partial charge in [0.25, 0.3) is 0 Å². The highest BCUT2D eigenvalue weighted by atomic mass is 19.4. The molecule has 0 aromatic carbocycles. The molecule has 1 fully saturated rings. The number of piperidine rings is 1. The number of aryl methyl sites for hydroxylation is 1. The van der Waals surface area contributed by atoms with E-state index in [1.54, 1.807) is 13.0 Å². The van der Waals surface area contributed by atoms with Gasteiger partial charge >= 0.3 is 6.18 Å². The van der Waals surface area contributed by atoms with E-state index in [2.05, 4.69) is 15.4 Å². The Kier molecular flexibility index (Phi) is 5.24. The molecule has 3 N–H and O–H groups in total. The third-order valence-electron chi connectivity index (χ3n) is 4.41. The molecule has 1 atom stereocenters. The number of hydrogen-bond donors (Lipinski definition) is 2. The second-order valence-corrected chi connectivity index (χ2v) is 6.62. The second kappa shape index (κ2) is 7.45. The Morgan fingerprint density at radius 3 is 2.78 bits per heavy atom. The molecule has 1 aliphatic heterocycles. The summed E-state index contributed by atoms with van der Waals surface area (Å²) in [7, 11) is 0. The van der Waals surface area contributed by atoms with Gasteiger partial charge in [0.2, 0.25) is 5.91 Å². The zero-order valence-electron chi connectivity index (χ0n) is 14.8. The Morgan fingerprint density at radius 1 is 1.41 bits per heavy atom. The maximum atomic E-state index is 12.7. The molecule has 0 unspecified atom stereocenters. The SMILES string of the molecule is Cc1cc(N)n(CC(=O)N[C@@H]2CCCN(c3ccc(C(F)(F)F)cn3)C2)n1. The molecule has 0 spiro atoms. The van der Waals surface area contributed by atoms with Crippen LogP contribution in [-0.2, 0) is 17.5 Å². The highest BCUT2D eigenvalue weighted by Crippen LogP contribution is 2.29. The van der Waals surface area contributed by atoms with Crippen molar-refractivity contribution in [2.75, 3.05) is 23.7 Å². The molecule has 3 rings (SSSR count). The van der Waals surface area contributed by atoms with Crippen LogP contribution in [0, 0.1) is 6.92 Å². The van der Waals surface area contributed by atoms with E-state index in [0.717, 1.165) is 30.8 Å². The second-order valence-electron chi connectivity index (χ2n) is 6.62. The lowest BCUT2D eigenvalue weighted by atomic mass is 10.1. The van der Waals surface area contributed by atoms with Crippen molar-refractivity contribution >= 4 is 17.5 Å². The molecule has 10 heteroatoms. The molecule has 7 nitrogen and oxygen atoms in total. The first-order chi connectivity index (χ1) is 12.7. The fraction of sp³-hybridized carbons (Fsp3) is 0.471. The number of rotatable bonds is 4. The van der Waals surface area contributed by atoms with E-state index in [-0.39, 0.29) is 18.5 Å². The van der Waals surface area contributed by atoms with Gasteiger partial charge in [-0.05, 0) is 31.9 Å². The number of halogens is 3. The smallest absolute Gasteiger partial charge is 0.384 e. The van der Waals surface area contributed by atoms with E-state index in [4.69, 9.17) is 5.73 Å². The number of hydrogen-bond acceptors (Lipinski definition) is 5. The number of nitrogens with zero attached hydrogens (tertiary/aromatic N) is 4. The molecule has 1 aliphatic rings. The number of nitrogen functional groups attached to an aromatic ring is 1. The Balaban J connectivity index is 1.59. The summed E-state index contributed by atoms with van der Waals surface area (Å²) in [5.41, 5.74) is 5.74. The molecule has 0 radical (unpaired) electrons. The van der Waals surface area contributed by atoms with Crippen LogP contribution in [0.3, 0.4) is 0 Å². The molecule has 146 valence electrons. The number of nitrogens with two attached hydrogens (primary N) is 1. The average Bonchev–Trinajstić information content (AvgIpc) is 2.91. The lowest BCUT2D eigenvalue weighted by Gasteiger charge is -2.34. The van der Waals surface area contributed by atoms with Crippen LogP contribution in [0.1, 0.15) is 24.1 Å². The van der Waals surface area contributed by atoms with Gasteiger partial charge in [0, 0.05) is 31.4 Å². The first kappa shape index (κ1) is 19.0. The van der Waals surface area contributed by atoms with E-state index in [9.17, 15) is 18.0 Å². The van der Waals surface area contributed by atoms with Gasteiger partial charge < -0.3 is 16.0 Å². The number of amides is 1. The molecule has 1 saturated heterocycles. The maximum absolute atomic E-state index is 12.7. The van der Waals surface area contributed by atoms with Crippen LogP contribution in [0.15, 0.2) is 24.4 Å². The fourth-order valence-electron chi connectivity index (χ4n) is 3.15. The number of carbonyl (C=O) groups excluding carboxylic acids is 1. The summed E-state index contributed by atoms with van der Waals surface area (Å²) >= 11 is 0. The van der Waals surface area contributed by atoms with Crippen LogP contribution >= 0.6 is 0 Å². The summed E-state index contributed by atoms with van der Waals surface area (Å²) < 4.78 is 39.4. The van der Waals surface area contributed by atoms with Crippen LogP contribution in [0.25, 0.3) is 0 Å². The minimum atomic E-state index is -4.41. The summed E-state index contributed by atoms with van der Waals surface area (Å²) in [6, 6.07) is 3.95. The number of pyridine rings is 1. The Hall–Kier alpha value is -2.78. The Morgan fingerprint density at radius 2 is 2.19 bits per heavy atom. The Labute approximate surface area is 154 Å². The topological polar surface area (TPSA) is 89.1 Å². The van der Waals surface area contributed by atoms with Crippen molar-refractivity contribution in [3.05, 3.63) is 35.7 Å². The van der Waals surface area contributed by atoms with E-state index < -0.39 is 11.7 Å². The molecule has 0 bridgehead atoms. The number of nitrogens with one attached hydrogen (secondary N) is 1. The van der Waals surface area contributed by atoms with E-state index in [0.29, 0.717) is 24.7 Å². The van der Waals surface area contributed by atoms with Gasteiger partial charge in [-0.1, -0.05) is 0 Å². The summed E-state index contributed by atoms with van der Waals surface area (Å²) in [4.78, 5) is 18.1. The van der Waals surface area contributed by atoms with Crippen LogP contribution in [0.4, 0.5) is 24.8 Å². The minimum Gasteiger partial charge on any atom is -0.384 e. The van der Waals surface area contributed by atoms with Crippen molar-refractivity contribution in [1.82, 2.24) is 20.1 Å². The zero-order chi connectivity index (χ0) is 19.6. The van der Waals surface area contributed by atoms with Crippen molar-refractivity contribution in [2.24, 2.45) is 0 Å². The maximum Gasteiger partial charge on any atom is 0.417 e. The average molecular weight is 382 g/mol. The third-order valence-corrected chi connectivity index (χ3v) is 4.41. The molecule has 0 aliphatic carbocycles. The quantitative estimate of drug-likeness (QED) is 0.844. The van der Waals surface area contributed by atoms with Gasteiger partial charge in [-0.2, -0.15) is 18.3 Å². The number of alkyl halides is 3. The van der Waals surface area contributed by atoms with Crippen molar-refractivity contribution in [2.45, 2.75) is 38.5 Å². The molecule has 1 amide bonds. The zero-order valence-corrected chi connectivity index (χ0v) is 14.8. The lowest BCUT2D eigenvalue weighted by molar-refractivity contribution is -0.137. The molecule has 2 aromatic heterocycles. The summed E-state index contributed by atoms with van der Waals surface area (Å²) in [6.45, 7) is 2.98. The first-order valence-electron chi connectivity index (χ1n) is 8.60. The molecular weight excluding hydrogens is 361 g/mol. The van der Waals surface area contributed by atoms with Crippen LogP contribution in [-0.4, -0.2) is 39.8 Å². The van der Waals surface area contributed by atoms with Crippen molar-refractivity contribution in [3.63, 3.8) is 0 Å². The molecule has 27 heavy (non-hydrogen) atoms. The van der Waals surface area contributed by atoms with Crippen molar-refractivity contribution < 1.29 is 18.0 Å². The highest BCUT2D eigenvalue weighted by Gasteiger charge is 2.31.